The molecule has 3 aromatic rings. The fraction of sp³-hybridized carbons (Fsp3) is 0.208. The van der Waals surface area contributed by atoms with Gasteiger partial charge in [-0.2, -0.15) is 0 Å². The maximum Gasteiger partial charge on any atom is 0.121 e. The van der Waals surface area contributed by atoms with Crippen molar-refractivity contribution in [2.24, 2.45) is 5.16 Å². The van der Waals surface area contributed by atoms with Gasteiger partial charge in [0.25, 0.3) is 0 Å². The van der Waals surface area contributed by atoms with Crippen molar-refractivity contribution in [3.63, 3.8) is 0 Å². The lowest BCUT2D eigenvalue weighted by molar-refractivity contribution is 0.227. The Bertz CT molecular complexity index is 858. The third kappa shape index (κ3) is 4.98. The summed E-state index contributed by atoms with van der Waals surface area (Å²) < 4.78 is 6.04. The van der Waals surface area contributed by atoms with Crippen molar-refractivity contribution in [3.05, 3.63) is 102 Å². The number of rotatable bonds is 7. The van der Waals surface area contributed by atoms with Crippen LogP contribution in [0.3, 0.4) is 0 Å². The van der Waals surface area contributed by atoms with Gasteiger partial charge in [0.15, 0.2) is 0 Å². The third-order valence-electron chi connectivity index (χ3n) is 4.76. The van der Waals surface area contributed by atoms with Crippen LogP contribution in [-0.4, -0.2) is 10.9 Å². The Morgan fingerprint density at radius 1 is 0.815 bits per heavy atom. The molecule has 0 aliphatic rings. The zero-order chi connectivity index (χ0) is 19.1. The monoisotopic (exact) mass is 359 g/mol. The average molecular weight is 359 g/mol. The molecule has 3 rings (SSSR count). The van der Waals surface area contributed by atoms with Crippen LogP contribution >= 0.6 is 0 Å². The first-order valence-electron chi connectivity index (χ1n) is 9.25. The van der Waals surface area contributed by atoms with E-state index >= 15 is 0 Å². The molecule has 0 amide bonds. The second-order valence-electron chi connectivity index (χ2n) is 6.76. The van der Waals surface area contributed by atoms with Gasteiger partial charge in [-0.05, 0) is 41.7 Å². The third-order valence-corrected chi connectivity index (χ3v) is 4.76. The molecule has 0 aliphatic heterocycles. The maximum absolute atomic E-state index is 9.39. The van der Waals surface area contributed by atoms with Crippen molar-refractivity contribution < 1.29 is 9.94 Å². The standard InChI is InChI=1S/C24H25NO2/c1-18(17-24(25-26)22-11-7-4-8-12-22)20-13-15-23(16-14-20)27-19(2)21-9-5-3-6-10-21/h3-16,18-19,26H,17H2,1-2H3. The number of nitrogens with zero attached hydrogens (tertiary/aromatic N) is 1. The van der Waals surface area contributed by atoms with E-state index in [-0.39, 0.29) is 12.0 Å². The smallest absolute Gasteiger partial charge is 0.121 e. The highest BCUT2D eigenvalue weighted by molar-refractivity contribution is 6.00. The first-order chi connectivity index (χ1) is 13.2. The normalized spacial score (nSPS) is 13.8. The molecular weight excluding hydrogens is 334 g/mol. The summed E-state index contributed by atoms with van der Waals surface area (Å²) in [4.78, 5) is 0. The highest BCUT2D eigenvalue weighted by Crippen LogP contribution is 2.26. The van der Waals surface area contributed by atoms with E-state index in [4.69, 9.17) is 4.74 Å². The Morgan fingerprint density at radius 2 is 1.41 bits per heavy atom. The predicted molar refractivity (Wildman–Crippen MR) is 110 cm³/mol. The zero-order valence-electron chi connectivity index (χ0n) is 15.7. The summed E-state index contributed by atoms with van der Waals surface area (Å²) in [6, 6.07) is 28.1. The molecule has 2 unspecified atom stereocenters. The van der Waals surface area contributed by atoms with Gasteiger partial charge in [-0.3, -0.25) is 0 Å². The quantitative estimate of drug-likeness (QED) is 0.310. The molecule has 0 saturated carbocycles. The first kappa shape index (κ1) is 18.7. The van der Waals surface area contributed by atoms with Gasteiger partial charge in [0, 0.05) is 6.42 Å². The highest BCUT2D eigenvalue weighted by atomic mass is 16.5. The average Bonchev–Trinajstić information content (AvgIpc) is 2.73. The second kappa shape index (κ2) is 9.04. The van der Waals surface area contributed by atoms with Crippen LogP contribution in [0.1, 0.15) is 49.0 Å². The molecule has 1 N–H and O–H groups in total. The van der Waals surface area contributed by atoms with Gasteiger partial charge in [-0.15, -0.1) is 0 Å². The largest absolute Gasteiger partial charge is 0.486 e. The molecule has 0 saturated heterocycles. The van der Waals surface area contributed by atoms with Gasteiger partial charge in [-0.1, -0.05) is 84.9 Å². The number of oxime groups is 1. The molecule has 0 fully saturated rings. The molecule has 3 heteroatoms. The van der Waals surface area contributed by atoms with E-state index in [0.717, 1.165) is 16.9 Å². The molecule has 0 spiro atoms. The van der Waals surface area contributed by atoms with Crippen molar-refractivity contribution in [1.82, 2.24) is 0 Å². The van der Waals surface area contributed by atoms with Gasteiger partial charge in [0.2, 0.25) is 0 Å². The number of ether oxygens (including phenoxy) is 1. The van der Waals surface area contributed by atoms with Crippen LogP contribution in [0, 0.1) is 0 Å². The Morgan fingerprint density at radius 3 is 2.00 bits per heavy atom. The predicted octanol–water partition coefficient (Wildman–Crippen LogP) is 6.20. The Balaban J connectivity index is 1.64. The summed E-state index contributed by atoms with van der Waals surface area (Å²) >= 11 is 0. The Kier molecular flexibility index (Phi) is 6.26. The zero-order valence-corrected chi connectivity index (χ0v) is 15.7. The van der Waals surface area contributed by atoms with E-state index in [9.17, 15) is 5.21 Å². The van der Waals surface area contributed by atoms with E-state index in [1.165, 1.54) is 5.56 Å². The topological polar surface area (TPSA) is 41.8 Å². The van der Waals surface area contributed by atoms with Crippen LogP contribution in [0.5, 0.6) is 5.75 Å². The van der Waals surface area contributed by atoms with E-state index in [0.29, 0.717) is 12.1 Å². The number of hydrogen-bond donors (Lipinski definition) is 1. The van der Waals surface area contributed by atoms with Gasteiger partial charge in [-0.25, -0.2) is 0 Å². The van der Waals surface area contributed by atoms with E-state index in [2.05, 4.69) is 43.3 Å². The fourth-order valence-electron chi connectivity index (χ4n) is 3.13. The van der Waals surface area contributed by atoms with Gasteiger partial charge < -0.3 is 9.94 Å². The van der Waals surface area contributed by atoms with Crippen LogP contribution < -0.4 is 4.74 Å². The summed E-state index contributed by atoms with van der Waals surface area (Å²) in [6.45, 7) is 4.19. The molecule has 3 aromatic carbocycles. The lowest BCUT2D eigenvalue weighted by Gasteiger charge is -2.17. The summed E-state index contributed by atoms with van der Waals surface area (Å²) in [5, 5.41) is 12.9. The maximum atomic E-state index is 9.39. The molecule has 0 heterocycles. The molecule has 138 valence electrons. The van der Waals surface area contributed by atoms with E-state index < -0.39 is 0 Å². The SMILES string of the molecule is CC(CC(=NO)c1ccccc1)c1ccc(OC(C)c2ccccc2)cc1. The second-order valence-corrected chi connectivity index (χ2v) is 6.76. The van der Waals surface area contributed by atoms with Crippen LogP contribution in [0.2, 0.25) is 0 Å². The first-order valence-corrected chi connectivity index (χ1v) is 9.25. The minimum atomic E-state index is 0.000629. The van der Waals surface area contributed by atoms with Gasteiger partial charge >= 0.3 is 0 Å². The molecule has 2 atom stereocenters. The molecule has 0 aliphatic carbocycles. The lowest BCUT2D eigenvalue weighted by Crippen LogP contribution is -2.07. The van der Waals surface area contributed by atoms with E-state index in [1.54, 1.807) is 0 Å². The number of benzene rings is 3. The molecular formula is C24H25NO2. The molecule has 3 nitrogen and oxygen atoms in total. The van der Waals surface area contributed by atoms with Crippen LogP contribution in [0.25, 0.3) is 0 Å². The molecule has 0 aromatic heterocycles. The van der Waals surface area contributed by atoms with Crippen molar-refractivity contribution in [1.29, 1.82) is 0 Å². The number of hydrogen-bond acceptors (Lipinski definition) is 3. The summed E-state index contributed by atoms with van der Waals surface area (Å²) in [5.41, 5.74) is 3.98. The summed E-state index contributed by atoms with van der Waals surface area (Å²) in [5.74, 6) is 1.08. The van der Waals surface area contributed by atoms with Crippen molar-refractivity contribution in [2.75, 3.05) is 0 Å². The fourth-order valence-corrected chi connectivity index (χ4v) is 3.13. The Labute approximate surface area is 160 Å². The molecule has 27 heavy (non-hydrogen) atoms. The summed E-state index contributed by atoms with van der Waals surface area (Å²) in [6.07, 6.45) is 0.668. The van der Waals surface area contributed by atoms with Crippen LogP contribution in [-0.2, 0) is 0 Å². The molecule has 0 bridgehead atoms. The van der Waals surface area contributed by atoms with E-state index in [1.807, 2.05) is 60.7 Å². The molecule has 0 radical (unpaired) electrons. The van der Waals surface area contributed by atoms with Crippen molar-refractivity contribution >= 4 is 5.71 Å². The minimum Gasteiger partial charge on any atom is -0.486 e. The highest BCUT2D eigenvalue weighted by Gasteiger charge is 2.13. The van der Waals surface area contributed by atoms with Crippen LogP contribution in [0.4, 0.5) is 0 Å². The minimum absolute atomic E-state index is 0.000629. The lowest BCUT2D eigenvalue weighted by atomic mass is 9.93. The van der Waals surface area contributed by atoms with Crippen molar-refractivity contribution in [2.45, 2.75) is 32.3 Å². The van der Waals surface area contributed by atoms with Gasteiger partial charge in [0.1, 0.15) is 11.9 Å². The van der Waals surface area contributed by atoms with Crippen molar-refractivity contribution in [3.8, 4) is 5.75 Å². The van der Waals surface area contributed by atoms with Gasteiger partial charge in [0.05, 0.1) is 5.71 Å². The summed E-state index contributed by atoms with van der Waals surface area (Å²) in [7, 11) is 0. The Hall–Kier alpha value is -3.07. The van der Waals surface area contributed by atoms with Crippen LogP contribution in [0.15, 0.2) is 90.1 Å².